The Labute approximate surface area is 156 Å². The molecule has 0 fully saturated rings. The number of nitrogens with one attached hydrogen (secondary N) is 1. The lowest BCUT2D eigenvalue weighted by Crippen LogP contribution is -2.25. The number of likely N-dealkylation sites (N-methyl/N-ethyl adjacent to an activating group) is 1. The third kappa shape index (κ3) is 4.36. The number of amides is 1. The molecule has 0 aromatic heterocycles. The zero-order valence-corrected chi connectivity index (χ0v) is 15.1. The first-order valence-electron chi connectivity index (χ1n) is 7.94. The molecule has 0 spiro atoms. The second-order valence-electron chi connectivity index (χ2n) is 5.64. The van der Waals surface area contributed by atoms with Crippen LogP contribution in [0.4, 0.5) is 11.4 Å². The van der Waals surface area contributed by atoms with Crippen molar-refractivity contribution in [2.24, 2.45) is 5.84 Å². The maximum atomic E-state index is 12.5. The quantitative estimate of drug-likeness (QED) is 0.429. The van der Waals surface area contributed by atoms with Gasteiger partial charge in [0.25, 0.3) is 5.91 Å². The highest BCUT2D eigenvalue weighted by Gasteiger charge is 2.20. The Morgan fingerprint density at radius 1 is 1.26 bits per heavy atom. The monoisotopic (exact) mass is 371 g/mol. The van der Waals surface area contributed by atoms with Gasteiger partial charge in [-0.1, -0.05) is 6.07 Å². The van der Waals surface area contributed by atoms with E-state index in [1.54, 1.807) is 50.4 Å². The summed E-state index contributed by atoms with van der Waals surface area (Å²) in [6.07, 6.45) is 3.14. The Balaban J connectivity index is 0.00000126. The molecule has 142 valence electrons. The van der Waals surface area contributed by atoms with Gasteiger partial charge in [-0.3, -0.25) is 10.6 Å². The van der Waals surface area contributed by atoms with E-state index >= 15 is 0 Å². The first-order chi connectivity index (χ1) is 13.0. The molecule has 8 nitrogen and oxygen atoms in total. The molecule has 3 rings (SSSR count). The summed E-state index contributed by atoms with van der Waals surface area (Å²) in [5.74, 6) is 6.68. The summed E-state index contributed by atoms with van der Waals surface area (Å²) in [5.41, 5.74) is 5.25. The molecule has 8 heteroatoms. The molecule has 0 unspecified atom stereocenters. The number of carbonyl (C=O) groups excluding carboxylic acids is 2. The van der Waals surface area contributed by atoms with Crippen LogP contribution >= 0.6 is 0 Å². The van der Waals surface area contributed by atoms with E-state index in [0.717, 1.165) is 11.1 Å². The zero-order chi connectivity index (χ0) is 20.0. The van der Waals surface area contributed by atoms with Gasteiger partial charge in [0.2, 0.25) is 6.79 Å². The van der Waals surface area contributed by atoms with Crippen LogP contribution in [-0.2, 0) is 9.59 Å². The van der Waals surface area contributed by atoms with E-state index < -0.39 is 0 Å². The van der Waals surface area contributed by atoms with Crippen LogP contribution in [0, 0.1) is 6.92 Å². The number of hydrogen-bond acceptors (Lipinski definition) is 7. The van der Waals surface area contributed by atoms with E-state index in [1.807, 2.05) is 6.79 Å². The molecule has 0 aliphatic carbocycles. The molecule has 4 N–H and O–H groups in total. The molecule has 0 saturated carbocycles. The van der Waals surface area contributed by atoms with Gasteiger partial charge in [0.05, 0.1) is 11.4 Å². The number of rotatable bonds is 4. The largest absolute Gasteiger partial charge is 0.508 e. The number of benzene rings is 2. The van der Waals surface area contributed by atoms with Gasteiger partial charge in [0, 0.05) is 25.3 Å². The highest BCUT2D eigenvalue weighted by atomic mass is 16.7. The van der Waals surface area contributed by atoms with Gasteiger partial charge in [-0.15, -0.1) is 0 Å². The molecule has 2 aromatic rings. The van der Waals surface area contributed by atoms with Crippen LogP contribution in [0.5, 0.6) is 17.2 Å². The van der Waals surface area contributed by atoms with E-state index in [0.29, 0.717) is 22.9 Å². The minimum Gasteiger partial charge on any atom is -0.508 e. The van der Waals surface area contributed by atoms with E-state index in [4.69, 9.17) is 20.1 Å². The highest BCUT2D eigenvalue weighted by molar-refractivity contribution is 6.05. The molecule has 0 saturated heterocycles. The Bertz CT molecular complexity index is 867. The Hall–Kier alpha value is -3.52. The molecule has 0 bridgehead atoms. The average Bonchev–Trinajstić information content (AvgIpc) is 3.16. The average molecular weight is 371 g/mol. The SMILES string of the molecule is C=O.Cc1cc(/C=C/C(=O)N(C)c2cc3c(cc2NN)OCO3)ccc1O. The summed E-state index contributed by atoms with van der Waals surface area (Å²) in [4.78, 5) is 21.9. The fourth-order valence-electron chi connectivity index (χ4n) is 2.50. The van der Waals surface area contributed by atoms with Gasteiger partial charge in [-0.2, -0.15) is 0 Å². The van der Waals surface area contributed by atoms with Crippen LogP contribution in [0.2, 0.25) is 0 Å². The molecule has 0 atom stereocenters. The number of aryl methyl sites for hydroxylation is 1. The van der Waals surface area contributed by atoms with Crippen LogP contribution in [0.25, 0.3) is 6.08 Å². The van der Waals surface area contributed by atoms with Gasteiger partial charge in [-0.25, -0.2) is 0 Å². The fourth-order valence-corrected chi connectivity index (χ4v) is 2.50. The van der Waals surface area contributed by atoms with Gasteiger partial charge >= 0.3 is 0 Å². The summed E-state index contributed by atoms with van der Waals surface area (Å²) in [5, 5.41) is 9.55. The van der Waals surface area contributed by atoms with Crippen molar-refractivity contribution in [3.63, 3.8) is 0 Å². The van der Waals surface area contributed by atoms with Crippen molar-refractivity contribution < 1.29 is 24.2 Å². The van der Waals surface area contributed by atoms with Gasteiger partial charge in [-0.05, 0) is 36.3 Å². The smallest absolute Gasteiger partial charge is 0.250 e. The number of phenols is 1. The number of ether oxygens (including phenoxy) is 2. The van der Waals surface area contributed by atoms with Gasteiger partial charge < -0.3 is 29.7 Å². The third-order valence-electron chi connectivity index (χ3n) is 3.98. The van der Waals surface area contributed by atoms with Crippen LogP contribution in [0.15, 0.2) is 36.4 Å². The van der Waals surface area contributed by atoms with Crippen molar-refractivity contribution in [3.8, 4) is 17.2 Å². The fraction of sp³-hybridized carbons (Fsp3) is 0.158. The molecule has 1 amide bonds. The number of hydrogen-bond donors (Lipinski definition) is 3. The van der Waals surface area contributed by atoms with Crippen molar-refractivity contribution >= 4 is 30.1 Å². The van der Waals surface area contributed by atoms with Crippen molar-refractivity contribution in [1.29, 1.82) is 0 Å². The van der Waals surface area contributed by atoms with Crippen LogP contribution in [0.1, 0.15) is 11.1 Å². The first-order valence-corrected chi connectivity index (χ1v) is 7.94. The Kier molecular flexibility index (Phi) is 6.40. The zero-order valence-electron chi connectivity index (χ0n) is 15.1. The lowest BCUT2D eigenvalue weighted by Gasteiger charge is -2.19. The summed E-state index contributed by atoms with van der Waals surface area (Å²) in [7, 11) is 1.65. The standard InChI is InChI=1S/C18H19N3O4.CH2O/c1-11-7-12(3-5-15(11)22)4-6-18(23)21(2)14-9-17-16(24-10-25-17)8-13(14)20-19;1-2/h3-9,20,22H,10,19H2,1-2H3;1H2/b6-4+;. The molecular weight excluding hydrogens is 350 g/mol. The molecular formula is C19H21N3O5. The second-order valence-corrected chi connectivity index (χ2v) is 5.64. The number of aromatic hydroxyl groups is 1. The Morgan fingerprint density at radius 3 is 2.56 bits per heavy atom. The third-order valence-corrected chi connectivity index (χ3v) is 3.98. The predicted octanol–water partition coefficient (Wildman–Crippen LogP) is 2.21. The van der Waals surface area contributed by atoms with E-state index in [1.165, 1.54) is 11.0 Å². The predicted molar refractivity (Wildman–Crippen MR) is 103 cm³/mol. The normalized spacial score (nSPS) is 11.7. The number of fused-ring (bicyclic) bond motifs is 1. The van der Waals surface area contributed by atoms with Gasteiger partial charge in [0.15, 0.2) is 11.5 Å². The summed E-state index contributed by atoms with van der Waals surface area (Å²) < 4.78 is 10.7. The molecule has 1 aliphatic rings. The number of anilines is 2. The summed E-state index contributed by atoms with van der Waals surface area (Å²) >= 11 is 0. The number of nitrogen functional groups attached to an aromatic ring is 1. The minimum absolute atomic E-state index is 0.139. The van der Waals surface area contributed by atoms with Crippen LogP contribution in [-0.4, -0.2) is 31.6 Å². The number of phenolic OH excluding ortho intramolecular Hbond substituents is 1. The molecule has 27 heavy (non-hydrogen) atoms. The number of nitrogens with two attached hydrogens (primary N) is 1. The molecule has 2 aromatic carbocycles. The van der Waals surface area contributed by atoms with Gasteiger partial charge in [0.1, 0.15) is 12.5 Å². The van der Waals surface area contributed by atoms with E-state index in [9.17, 15) is 9.90 Å². The maximum Gasteiger partial charge on any atom is 0.250 e. The van der Waals surface area contributed by atoms with Crippen molar-refractivity contribution in [2.45, 2.75) is 6.92 Å². The lowest BCUT2D eigenvalue weighted by molar-refractivity contribution is -0.113. The topological polar surface area (TPSA) is 114 Å². The van der Waals surface area contributed by atoms with Crippen molar-refractivity contribution in [3.05, 3.63) is 47.5 Å². The summed E-state index contributed by atoms with van der Waals surface area (Å²) in [6.45, 7) is 3.94. The molecule has 0 radical (unpaired) electrons. The highest BCUT2D eigenvalue weighted by Crippen LogP contribution is 2.40. The number of hydrazine groups is 1. The van der Waals surface area contributed by atoms with Crippen molar-refractivity contribution in [1.82, 2.24) is 0 Å². The minimum atomic E-state index is -0.235. The van der Waals surface area contributed by atoms with Crippen LogP contribution < -0.4 is 25.6 Å². The van der Waals surface area contributed by atoms with Crippen molar-refractivity contribution in [2.75, 3.05) is 24.2 Å². The molecule has 1 aliphatic heterocycles. The second kappa shape index (κ2) is 8.72. The lowest BCUT2D eigenvalue weighted by atomic mass is 10.1. The summed E-state index contributed by atoms with van der Waals surface area (Å²) in [6, 6.07) is 8.52. The first kappa shape index (κ1) is 19.8. The number of nitrogens with zero attached hydrogens (tertiary/aromatic N) is 1. The Morgan fingerprint density at radius 2 is 1.93 bits per heavy atom. The molecule has 1 heterocycles. The number of carbonyl (C=O) groups is 2. The van der Waals surface area contributed by atoms with E-state index in [-0.39, 0.29) is 18.4 Å². The maximum absolute atomic E-state index is 12.5. The van der Waals surface area contributed by atoms with E-state index in [2.05, 4.69) is 5.43 Å². The van der Waals surface area contributed by atoms with Crippen LogP contribution in [0.3, 0.4) is 0 Å².